The molecular weight excluding hydrogens is 172 g/mol. The Morgan fingerprint density at radius 2 is 2.00 bits per heavy atom. The SMILES string of the molecule is OCC1(C2(O)CCSC2)CCC1. The summed E-state index contributed by atoms with van der Waals surface area (Å²) in [4.78, 5) is 0. The zero-order valence-corrected chi connectivity index (χ0v) is 8.07. The quantitative estimate of drug-likeness (QED) is 0.679. The van der Waals surface area contributed by atoms with Crippen molar-refractivity contribution in [3.8, 4) is 0 Å². The van der Waals surface area contributed by atoms with Crippen LogP contribution in [0.2, 0.25) is 0 Å². The fraction of sp³-hybridized carbons (Fsp3) is 1.00. The molecule has 0 aromatic rings. The van der Waals surface area contributed by atoms with Gasteiger partial charge in [-0.1, -0.05) is 6.42 Å². The van der Waals surface area contributed by atoms with Crippen LogP contribution in [0.5, 0.6) is 0 Å². The molecule has 1 aliphatic carbocycles. The number of rotatable bonds is 2. The summed E-state index contributed by atoms with van der Waals surface area (Å²) in [5, 5.41) is 19.6. The van der Waals surface area contributed by atoms with Crippen molar-refractivity contribution in [3.63, 3.8) is 0 Å². The molecule has 0 aromatic carbocycles. The highest BCUT2D eigenvalue weighted by molar-refractivity contribution is 7.99. The molecule has 0 radical (unpaired) electrons. The maximum atomic E-state index is 10.3. The highest BCUT2D eigenvalue weighted by atomic mass is 32.2. The molecule has 1 heterocycles. The minimum Gasteiger partial charge on any atom is -0.396 e. The molecular formula is C9H16O2S. The molecule has 1 saturated carbocycles. The number of thioether (sulfide) groups is 1. The summed E-state index contributed by atoms with van der Waals surface area (Å²) in [5.41, 5.74) is -0.679. The Kier molecular flexibility index (Phi) is 2.13. The first-order chi connectivity index (χ1) is 5.72. The van der Waals surface area contributed by atoms with Gasteiger partial charge in [-0.05, 0) is 25.0 Å². The van der Waals surface area contributed by atoms with Gasteiger partial charge in [0, 0.05) is 11.2 Å². The van der Waals surface area contributed by atoms with Crippen LogP contribution in [0.3, 0.4) is 0 Å². The lowest BCUT2D eigenvalue weighted by atomic mass is 9.59. The van der Waals surface area contributed by atoms with Crippen molar-refractivity contribution >= 4 is 11.8 Å². The standard InChI is InChI=1S/C9H16O2S/c10-6-8(2-1-3-8)9(11)4-5-12-7-9/h10-11H,1-7H2. The number of aliphatic hydroxyl groups is 2. The van der Waals surface area contributed by atoms with Crippen molar-refractivity contribution in [2.24, 2.45) is 5.41 Å². The van der Waals surface area contributed by atoms with Crippen LogP contribution in [0, 0.1) is 5.41 Å². The van der Waals surface area contributed by atoms with Crippen molar-refractivity contribution in [3.05, 3.63) is 0 Å². The van der Waals surface area contributed by atoms with Gasteiger partial charge >= 0.3 is 0 Å². The second-order valence-electron chi connectivity index (χ2n) is 4.13. The first-order valence-electron chi connectivity index (χ1n) is 4.63. The van der Waals surface area contributed by atoms with Gasteiger partial charge in [0.2, 0.25) is 0 Å². The Morgan fingerprint density at radius 1 is 1.25 bits per heavy atom. The number of aliphatic hydroxyl groups excluding tert-OH is 1. The van der Waals surface area contributed by atoms with Crippen molar-refractivity contribution in [2.75, 3.05) is 18.1 Å². The molecule has 2 nitrogen and oxygen atoms in total. The van der Waals surface area contributed by atoms with Crippen LogP contribution in [-0.2, 0) is 0 Å². The lowest BCUT2D eigenvalue weighted by molar-refractivity contribution is -0.134. The Hall–Kier alpha value is 0.270. The average Bonchev–Trinajstić information content (AvgIpc) is 2.35. The Morgan fingerprint density at radius 3 is 2.33 bits per heavy atom. The van der Waals surface area contributed by atoms with Crippen molar-refractivity contribution < 1.29 is 10.2 Å². The van der Waals surface area contributed by atoms with E-state index in [4.69, 9.17) is 0 Å². The predicted octanol–water partition coefficient (Wildman–Crippen LogP) is 1.02. The second kappa shape index (κ2) is 2.89. The molecule has 0 amide bonds. The van der Waals surface area contributed by atoms with E-state index in [1.807, 2.05) is 11.8 Å². The van der Waals surface area contributed by atoms with Crippen LogP contribution in [-0.4, -0.2) is 33.9 Å². The van der Waals surface area contributed by atoms with E-state index in [0.29, 0.717) is 0 Å². The smallest absolute Gasteiger partial charge is 0.0823 e. The topological polar surface area (TPSA) is 40.5 Å². The van der Waals surface area contributed by atoms with Crippen LogP contribution in [0.25, 0.3) is 0 Å². The van der Waals surface area contributed by atoms with Crippen LogP contribution >= 0.6 is 11.8 Å². The van der Waals surface area contributed by atoms with E-state index in [-0.39, 0.29) is 12.0 Å². The highest BCUT2D eigenvalue weighted by Crippen LogP contribution is 2.53. The molecule has 3 heteroatoms. The Balaban J connectivity index is 2.14. The van der Waals surface area contributed by atoms with Crippen LogP contribution in [0.4, 0.5) is 0 Å². The molecule has 2 aliphatic rings. The van der Waals surface area contributed by atoms with Gasteiger partial charge in [0.1, 0.15) is 0 Å². The fourth-order valence-corrected chi connectivity index (χ4v) is 3.76. The van der Waals surface area contributed by atoms with Gasteiger partial charge in [0.05, 0.1) is 12.2 Å². The van der Waals surface area contributed by atoms with Crippen molar-refractivity contribution in [1.82, 2.24) is 0 Å². The van der Waals surface area contributed by atoms with Crippen LogP contribution in [0.1, 0.15) is 25.7 Å². The van der Waals surface area contributed by atoms with Gasteiger partial charge in [-0.25, -0.2) is 0 Å². The maximum absolute atomic E-state index is 10.3. The molecule has 1 unspecified atom stereocenters. The largest absolute Gasteiger partial charge is 0.396 e. The van der Waals surface area contributed by atoms with Gasteiger partial charge in [0.15, 0.2) is 0 Å². The summed E-state index contributed by atoms with van der Waals surface area (Å²) >= 11 is 1.81. The van der Waals surface area contributed by atoms with E-state index >= 15 is 0 Å². The Labute approximate surface area is 77.4 Å². The average molecular weight is 188 g/mol. The molecule has 1 atom stereocenters. The Bertz CT molecular complexity index is 166. The van der Waals surface area contributed by atoms with Gasteiger partial charge < -0.3 is 10.2 Å². The fourth-order valence-electron chi connectivity index (χ4n) is 2.35. The lowest BCUT2D eigenvalue weighted by Gasteiger charge is -2.50. The first-order valence-corrected chi connectivity index (χ1v) is 5.79. The highest BCUT2D eigenvalue weighted by Gasteiger charge is 2.54. The predicted molar refractivity (Wildman–Crippen MR) is 50.3 cm³/mol. The van der Waals surface area contributed by atoms with Crippen LogP contribution in [0.15, 0.2) is 0 Å². The third-order valence-electron chi connectivity index (χ3n) is 3.60. The summed E-state index contributed by atoms with van der Waals surface area (Å²) < 4.78 is 0. The normalized spacial score (nSPS) is 39.5. The van der Waals surface area contributed by atoms with Crippen molar-refractivity contribution in [1.29, 1.82) is 0 Å². The van der Waals surface area contributed by atoms with E-state index in [9.17, 15) is 10.2 Å². The molecule has 70 valence electrons. The minimum atomic E-state index is -0.551. The summed E-state index contributed by atoms with van der Waals surface area (Å²) in [6, 6.07) is 0. The molecule has 2 N–H and O–H groups in total. The molecule has 1 saturated heterocycles. The van der Waals surface area contributed by atoms with E-state index in [0.717, 1.165) is 30.8 Å². The zero-order valence-electron chi connectivity index (χ0n) is 7.25. The summed E-state index contributed by atoms with van der Waals surface area (Å²) in [5.74, 6) is 1.88. The number of hydrogen-bond acceptors (Lipinski definition) is 3. The third kappa shape index (κ3) is 1.03. The maximum Gasteiger partial charge on any atom is 0.0823 e. The van der Waals surface area contributed by atoms with E-state index < -0.39 is 5.60 Å². The van der Waals surface area contributed by atoms with Crippen LogP contribution < -0.4 is 0 Å². The summed E-state index contributed by atoms with van der Waals surface area (Å²) in [6.07, 6.45) is 4.08. The van der Waals surface area contributed by atoms with Gasteiger partial charge in [-0.3, -0.25) is 0 Å². The van der Waals surface area contributed by atoms with E-state index in [1.165, 1.54) is 6.42 Å². The molecule has 0 aromatic heterocycles. The van der Waals surface area contributed by atoms with Gasteiger partial charge in [-0.2, -0.15) is 11.8 Å². The molecule has 2 rings (SSSR count). The molecule has 12 heavy (non-hydrogen) atoms. The minimum absolute atomic E-state index is 0.128. The van der Waals surface area contributed by atoms with Gasteiger partial charge in [-0.15, -0.1) is 0 Å². The molecule has 0 bridgehead atoms. The molecule has 1 aliphatic heterocycles. The summed E-state index contributed by atoms with van der Waals surface area (Å²) in [7, 11) is 0. The first kappa shape index (κ1) is 8.85. The molecule has 0 spiro atoms. The van der Waals surface area contributed by atoms with E-state index in [1.54, 1.807) is 0 Å². The summed E-state index contributed by atoms with van der Waals surface area (Å²) in [6.45, 7) is 0.171. The van der Waals surface area contributed by atoms with Crippen molar-refractivity contribution in [2.45, 2.75) is 31.3 Å². The van der Waals surface area contributed by atoms with Gasteiger partial charge in [0.25, 0.3) is 0 Å². The molecule has 2 fully saturated rings. The number of hydrogen-bond donors (Lipinski definition) is 2. The second-order valence-corrected chi connectivity index (χ2v) is 5.23. The zero-order chi connectivity index (χ0) is 8.66. The monoisotopic (exact) mass is 188 g/mol. The lowest BCUT2D eigenvalue weighted by Crippen LogP contribution is -2.55. The van der Waals surface area contributed by atoms with E-state index in [2.05, 4.69) is 0 Å². The third-order valence-corrected chi connectivity index (χ3v) is 4.78.